The summed E-state index contributed by atoms with van der Waals surface area (Å²) in [5.41, 5.74) is 8.40. The summed E-state index contributed by atoms with van der Waals surface area (Å²) in [6, 6.07) is 57.8. The Morgan fingerprint density at radius 2 is 0.809 bits per heavy atom. The second-order valence-corrected chi connectivity index (χ2v) is 18.5. The molecule has 0 radical (unpaired) electrons. The van der Waals surface area contributed by atoms with Crippen LogP contribution < -0.4 is 15.0 Å². The van der Waals surface area contributed by atoms with Crippen LogP contribution in [0.5, 0.6) is 0 Å². The number of rotatable bonds is 7. The van der Waals surface area contributed by atoms with E-state index in [1.807, 2.05) is 0 Å². The molecule has 0 aliphatic rings. The molecule has 8 aromatic rings. The Hall–Kier alpha value is -5.38. The normalized spacial score (nSPS) is 11.8. The zero-order valence-electron chi connectivity index (χ0n) is 27.4. The van der Waals surface area contributed by atoms with Crippen LogP contribution in [0.4, 0.5) is 34.1 Å². The Morgan fingerprint density at radius 1 is 0.383 bits per heavy atom. The van der Waals surface area contributed by atoms with Gasteiger partial charge in [0.25, 0.3) is 0 Å². The zero-order valence-corrected chi connectivity index (χ0v) is 28.4. The SMILES string of the molecule is Cc1ccccc1N(c1ccccc1)c1ccc2ccc3c(N(c4ccccc4)c4ccccc4[Si](C)(C)C)ccc4ccc1c2c43. The molecule has 0 aromatic heterocycles. The predicted octanol–water partition coefficient (Wildman–Crippen LogP) is 12.4. The summed E-state index contributed by atoms with van der Waals surface area (Å²) >= 11 is 0. The maximum atomic E-state index is 2.49. The van der Waals surface area contributed by atoms with Crippen LogP contribution >= 0.6 is 0 Å². The van der Waals surface area contributed by atoms with E-state index in [0.29, 0.717) is 0 Å². The molecule has 3 heteroatoms. The highest BCUT2D eigenvalue weighted by Gasteiger charge is 2.26. The van der Waals surface area contributed by atoms with Crippen LogP contribution in [0.25, 0.3) is 32.3 Å². The average molecular weight is 623 g/mol. The lowest BCUT2D eigenvalue weighted by molar-refractivity contribution is 1.26. The molecule has 0 saturated heterocycles. The van der Waals surface area contributed by atoms with E-state index >= 15 is 0 Å². The van der Waals surface area contributed by atoms with Crippen LogP contribution in [-0.2, 0) is 0 Å². The van der Waals surface area contributed by atoms with Crippen LogP contribution in [-0.4, -0.2) is 8.07 Å². The topological polar surface area (TPSA) is 6.48 Å². The second kappa shape index (κ2) is 11.4. The van der Waals surface area contributed by atoms with Gasteiger partial charge in [0.05, 0.1) is 19.4 Å². The molecule has 47 heavy (non-hydrogen) atoms. The molecular formula is C44H38N2Si. The van der Waals surface area contributed by atoms with Crippen molar-refractivity contribution in [2.24, 2.45) is 0 Å². The van der Waals surface area contributed by atoms with Gasteiger partial charge in [0.2, 0.25) is 0 Å². The smallest absolute Gasteiger partial charge is 0.0803 e. The summed E-state index contributed by atoms with van der Waals surface area (Å²) < 4.78 is 0. The number of para-hydroxylation sites is 4. The molecule has 0 unspecified atom stereocenters. The number of hydrogen-bond donors (Lipinski definition) is 0. The van der Waals surface area contributed by atoms with Gasteiger partial charge >= 0.3 is 0 Å². The Kier molecular flexibility index (Phi) is 7.08. The first-order valence-corrected chi connectivity index (χ1v) is 20.0. The third-order valence-electron chi connectivity index (χ3n) is 9.44. The summed E-state index contributed by atoms with van der Waals surface area (Å²) in [5.74, 6) is 0. The van der Waals surface area contributed by atoms with Crippen molar-refractivity contribution in [3.8, 4) is 0 Å². The van der Waals surface area contributed by atoms with E-state index in [0.717, 1.165) is 5.69 Å². The highest BCUT2D eigenvalue weighted by molar-refractivity contribution is 6.89. The fourth-order valence-corrected chi connectivity index (χ4v) is 8.81. The molecule has 0 fully saturated rings. The molecule has 0 saturated carbocycles. The van der Waals surface area contributed by atoms with Gasteiger partial charge in [-0.3, -0.25) is 0 Å². The quantitative estimate of drug-likeness (QED) is 0.129. The molecule has 0 heterocycles. The van der Waals surface area contributed by atoms with E-state index in [4.69, 9.17) is 0 Å². The zero-order chi connectivity index (χ0) is 32.1. The third-order valence-corrected chi connectivity index (χ3v) is 11.5. The summed E-state index contributed by atoms with van der Waals surface area (Å²) in [6.07, 6.45) is 0. The fraction of sp³-hybridized carbons (Fsp3) is 0.0909. The minimum Gasteiger partial charge on any atom is -0.310 e. The van der Waals surface area contributed by atoms with Crippen molar-refractivity contribution in [2.75, 3.05) is 9.80 Å². The Balaban J connectivity index is 1.43. The summed E-state index contributed by atoms with van der Waals surface area (Å²) in [4.78, 5) is 4.91. The lowest BCUT2D eigenvalue weighted by Gasteiger charge is -2.32. The van der Waals surface area contributed by atoms with Gasteiger partial charge in [0.15, 0.2) is 0 Å². The van der Waals surface area contributed by atoms with Gasteiger partial charge in [-0.2, -0.15) is 0 Å². The standard InChI is InChI=1S/C44H38N2Si/c1-31-15-11-12-20-38(31)45(34-16-7-5-8-17-34)39-29-25-32-24-28-37-40(30-26-33-23-27-36(39)43(32)44(33)37)46(35-18-9-6-10-19-35)41-21-13-14-22-42(41)47(2,3)4/h5-30H,1-4H3. The monoisotopic (exact) mass is 622 g/mol. The number of aryl methyl sites for hydroxylation is 1. The van der Waals surface area contributed by atoms with Crippen LogP contribution in [0.2, 0.25) is 19.6 Å². The highest BCUT2D eigenvalue weighted by Crippen LogP contribution is 2.47. The average Bonchev–Trinajstić information content (AvgIpc) is 3.10. The van der Waals surface area contributed by atoms with Crippen molar-refractivity contribution < 1.29 is 0 Å². The number of nitrogens with zero attached hydrogens (tertiary/aromatic N) is 2. The van der Waals surface area contributed by atoms with Crippen molar-refractivity contribution >= 4 is 79.7 Å². The molecule has 8 rings (SSSR count). The molecule has 0 spiro atoms. The Bertz CT molecular complexity index is 2360. The van der Waals surface area contributed by atoms with Gasteiger partial charge in [0.1, 0.15) is 0 Å². The van der Waals surface area contributed by atoms with Crippen LogP contribution in [0, 0.1) is 6.92 Å². The predicted molar refractivity (Wildman–Crippen MR) is 207 cm³/mol. The van der Waals surface area contributed by atoms with Gasteiger partial charge in [-0.1, -0.05) is 129 Å². The maximum Gasteiger partial charge on any atom is 0.0803 e. The molecule has 0 N–H and O–H groups in total. The first-order valence-electron chi connectivity index (χ1n) is 16.5. The molecule has 228 valence electrons. The van der Waals surface area contributed by atoms with Crippen LogP contribution in [0.3, 0.4) is 0 Å². The minimum atomic E-state index is -1.67. The van der Waals surface area contributed by atoms with Crippen LogP contribution in [0.1, 0.15) is 5.56 Å². The molecular weight excluding hydrogens is 585 g/mol. The van der Waals surface area contributed by atoms with E-state index in [1.165, 1.54) is 71.5 Å². The first kappa shape index (κ1) is 29.0. The number of anilines is 6. The fourth-order valence-electron chi connectivity index (χ4n) is 7.25. The summed E-state index contributed by atoms with van der Waals surface area (Å²) in [7, 11) is -1.67. The summed E-state index contributed by atoms with van der Waals surface area (Å²) in [6.45, 7) is 9.51. The number of benzene rings is 8. The van der Waals surface area contributed by atoms with Gasteiger partial charge in [-0.05, 0) is 87.7 Å². The lowest BCUT2D eigenvalue weighted by Crippen LogP contribution is -2.40. The van der Waals surface area contributed by atoms with E-state index in [1.54, 1.807) is 0 Å². The third kappa shape index (κ3) is 4.95. The molecule has 0 atom stereocenters. The van der Waals surface area contributed by atoms with E-state index in [2.05, 4.69) is 194 Å². The molecule has 0 amide bonds. The van der Waals surface area contributed by atoms with Crippen LogP contribution in [0.15, 0.2) is 158 Å². The molecule has 2 nitrogen and oxygen atoms in total. The Morgan fingerprint density at radius 3 is 1.32 bits per heavy atom. The van der Waals surface area contributed by atoms with Crippen molar-refractivity contribution in [2.45, 2.75) is 26.6 Å². The minimum absolute atomic E-state index is 1.15. The van der Waals surface area contributed by atoms with Crippen molar-refractivity contribution in [3.05, 3.63) is 163 Å². The van der Waals surface area contributed by atoms with Crippen molar-refractivity contribution in [3.63, 3.8) is 0 Å². The summed E-state index contributed by atoms with van der Waals surface area (Å²) in [5, 5.41) is 9.09. The van der Waals surface area contributed by atoms with E-state index in [9.17, 15) is 0 Å². The molecule has 8 aromatic carbocycles. The van der Waals surface area contributed by atoms with Crippen molar-refractivity contribution in [1.82, 2.24) is 0 Å². The Labute approximate surface area is 278 Å². The highest BCUT2D eigenvalue weighted by atomic mass is 28.3. The largest absolute Gasteiger partial charge is 0.310 e. The van der Waals surface area contributed by atoms with Gasteiger partial charge in [-0.25, -0.2) is 0 Å². The second-order valence-electron chi connectivity index (χ2n) is 13.5. The van der Waals surface area contributed by atoms with Crippen molar-refractivity contribution in [1.29, 1.82) is 0 Å². The number of hydrogen-bond acceptors (Lipinski definition) is 2. The maximum absolute atomic E-state index is 2.49. The van der Waals surface area contributed by atoms with Gasteiger partial charge < -0.3 is 9.80 Å². The molecule has 0 bridgehead atoms. The lowest BCUT2D eigenvalue weighted by atomic mass is 9.91. The van der Waals surface area contributed by atoms with Gasteiger partial charge in [-0.15, -0.1) is 0 Å². The molecule has 0 aliphatic carbocycles. The molecule has 0 aliphatic heterocycles. The van der Waals surface area contributed by atoms with Gasteiger partial charge in [0, 0.05) is 33.5 Å². The first-order chi connectivity index (χ1) is 22.9. The van der Waals surface area contributed by atoms with E-state index in [-0.39, 0.29) is 0 Å². The van der Waals surface area contributed by atoms with E-state index < -0.39 is 8.07 Å².